The van der Waals surface area contributed by atoms with Crippen molar-refractivity contribution >= 4 is 11.8 Å². The van der Waals surface area contributed by atoms with Crippen molar-refractivity contribution in [3.8, 4) is 0 Å². The average molecular weight is 335 g/mol. The van der Waals surface area contributed by atoms with Crippen molar-refractivity contribution in [1.29, 1.82) is 0 Å². The Bertz CT molecular complexity index is 849. The minimum atomic E-state index is -1.28. The van der Waals surface area contributed by atoms with Crippen LogP contribution in [0.2, 0.25) is 0 Å². The van der Waals surface area contributed by atoms with E-state index in [1.165, 1.54) is 25.2 Å². The first-order valence-electron chi connectivity index (χ1n) is 7.01. The molecule has 0 saturated carbocycles. The highest BCUT2D eigenvalue weighted by Crippen LogP contribution is 2.17. The molecule has 0 spiro atoms. The summed E-state index contributed by atoms with van der Waals surface area (Å²) in [6.07, 6.45) is 0. The van der Waals surface area contributed by atoms with Crippen molar-refractivity contribution in [3.63, 3.8) is 0 Å². The fourth-order valence-corrected chi connectivity index (χ4v) is 2.10. The van der Waals surface area contributed by atoms with Gasteiger partial charge in [0.05, 0.1) is 0 Å². The molecule has 0 unspecified atom stereocenters. The van der Waals surface area contributed by atoms with Crippen LogP contribution in [0.15, 0.2) is 35.1 Å². The summed E-state index contributed by atoms with van der Waals surface area (Å²) >= 11 is 0. The Balaban J connectivity index is 2.35. The van der Waals surface area contributed by atoms with E-state index in [0.29, 0.717) is 5.69 Å². The highest BCUT2D eigenvalue weighted by Gasteiger charge is 2.24. The molecule has 2 rings (SSSR count). The van der Waals surface area contributed by atoms with Gasteiger partial charge in [-0.05, 0) is 36.8 Å². The summed E-state index contributed by atoms with van der Waals surface area (Å²) < 4.78 is 26.5. The third-order valence-corrected chi connectivity index (χ3v) is 3.36. The summed E-state index contributed by atoms with van der Waals surface area (Å²) in [4.78, 5) is 38.5. The number of H-pyrrole nitrogens is 1. The fourth-order valence-electron chi connectivity index (χ4n) is 2.10. The molecule has 0 aliphatic rings. The summed E-state index contributed by atoms with van der Waals surface area (Å²) in [5.41, 5.74) is -0.198. The van der Waals surface area contributed by atoms with Crippen LogP contribution in [-0.4, -0.2) is 23.8 Å². The number of carbonyl (C=O) groups excluding carboxylic acids is 2. The van der Waals surface area contributed by atoms with Gasteiger partial charge in [-0.2, -0.15) is 0 Å². The number of halogens is 2. The molecule has 2 aromatic rings. The van der Waals surface area contributed by atoms with Crippen LogP contribution in [0.5, 0.6) is 0 Å². The van der Waals surface area contributed by atoms with Crippen LogP contribution in [0.25, 0.3) is 0 Å². The summed E-state index contributed by atoms with van der Waals surface area (Å²) in [6, 6.07) is 4.41. The van der Waals surface area contributed by atoms with Gasteiger partial charge >= 0.3 is 0 Å². The molecule has 6 nitrogen and oxygen atoms in total. The molecule has 0 aliphatic carbocycles. The molecule has 0 aliphatic heterocycles. The standard InChI is InChI=1S/C16H15F2N3O3/c1-8-3-5-10(14(22)20-8)15(23)21-13(16(24)19-2)9-4-6-11(17)12(18)7-9/h3-7,13H,1-2H3,(H,19,24)(H,20,22)(H,21,23)/t13-/m0/s1. The monoisotopic (exact) mass is 335 g/mol. The van der Waals surface area contributed by atoms with E-state index in [2.05, 4.69) is 15.6 Å². The van der Waals surface area contributed by atoms with Crippen molar-refractivity contribution in [2.75, 3.05) is 7.05 Å². The maximum atomic E-state index is 13.4. The van der Waals surface area contributed by atoms with E-state index in [1.54, 1.807) is 6.92 Å². The maximum Gasteiger partial charge on any atom is 0.260 e. The molecule has 1 heterocycles. The van der Waals surface area contributed by atoms with Gasteiger partial charge in [-0.25, -0.2) is 8.78 Å². The Labute approximate surface area is 135 Å². The lowest BCUT2D eigenvalue weighted by atomic mass is 10.0. The Morgan fingerprint density at radius 2 is 1.83 bits per heavy atom. The van der Waals surface area contributed by atoms with Gasteiger partial charge in [0.15, 0.2) is 11.6 Å². The zero-order chi connectivity index (χ0) is 17.9. The second-order valence-corrected chi connectivity index (χ2v) is 5.08. The van der Waals surface area contributed by atoms with E-state index >= 15 is 0 Å². The largest absolute Gasteiger partial charge is 0.357 e. The van der Waals surface area contributed by atoms with E-state index < -0.39 is 35.0 Å². The number of pyridine rings is 1. The van der Waals surface area contributed by atoms with Crippen LogP contribution in [0, 0.1) is 18.6 Å². The minimum absolute atomic E-state index is 0.0464. The number of aromatic nitrogens is 1. The predicted molar refractivity (Wildman–Crippen MR) is 82.4 cm³/mol. The van der Waals surface area contributed by atoms with Crippen molar-refractivity contribution in [2.45, 2.75) is 13.0 Å². The zero-order valence-electron chi connectivity index (χ0n) is 12.9. The number of carbonyl (C=O) groups is 2. The first-order valence-corrected chi connectivity index (χ1v) is 7.01. The molecule has 1 aromatic heterocycles. The number of aromatic amines is 1. The van der Waals surface area contributed by atoms with Gasteiger partial charge < -0.3 is 15.6 Å². The first kappa shape index (κ1) is 17.3. The summed E-state index contributed by atoms with van der Waals surface area (Å²) in [5, 5.41) is 4.67. The van der Waals surface area contributed by atoms with E-state index in [4.69, 9.17) is 0 Å². The minimum Gasteiger partial charge on any atom is -0.357 e. The maximum absolute atomic E-state index is 13.4. The molecule has 3 N–H and O–H groups in total. The topological polar surface area (TPSA) is 91.1 Å². The van der Waals surface area contributed by atoms with E-state index in [9.17, 15) is 23.2 Å². The lowest BCUT2D eigenvalue weighted by Gasteiger charge is -2.18. The number of rotatable bonds is 4. The smallest absolute Gasteiger partial charge is 0.260 e. The third kappa shape index (κ3) is 3.65. The third-order valence-electron chi connectivity index (χ3n) is 3.36. The average Bonchev–Trinajstić information content (AvgIpc) is 2.54. The van der Waals surface area contributed by atoms with Crippen LogP contribution in [-0.2, 0) is 4.79 Å². The normalized spacial score (nSPS) is 11.7. The second-order valence-electron chi connectivity index (χ2n) is 5.08. The fraction of sp³-hybridized carbons (Fsp3) is 0.188. The number of aryl methyl sites for hydroxylation is 1. The summed E-state index contributed by atoms with van der Waals surface area (Å²) in [6.45, 7) is 1.65. The second kappa shape index (κ2) is 7.03. The lowest BCUT2D eigenvalue weighted by Crippen LogP contribution is -2.40. The van der Waals surface area contributed by atoms with Gasteiger partial charge in [-0.15, -0.1) is 0 Å². The van der Waals surface area contributed by atoms with Gasteiger partial charge in [-0.3, -0.25) is 14.4 Å². The van der Waals surface area contributed by atoms with Crippen molar-refractivity contribution in [3.05, 3.63) is 69.1 Å². The van der Waals surface area contributed by atoms with E-state index in [0.717, 1.165) is 12.1 Å². The Hall–Kier alpha value is -3.03. The van der Waals surface area contributed by atoms with Gasteiger partial charge in [0.2, 0.25) is 5.91 Å². The highest BCUT2D eigenvalue weighted by molar-refractivity contribution is 5.97. The van der Waals surface area contributed by atoms with Crippen LogP contribution in [0.4, 0.5) is 8.78 Å². The first-order chi connectivity index (χ1) is 11.3. The van der Waals surface area contributed by atoms with Gasteiger partial charge in [0, 0.05) is 12.7 Å². The number of hydrogen-bond acceptors (Lipinski definition) is 3. The predicted octanol–water partition coefficient (Wildman–Crippen LogP) is 1.18. The number of amides is 2. The quantitative estimate of drug-likeness (QED) is 0.783. The number of nitrogens with one attached hydrogen (secondary N) is 3. The summed E-state index contributed by atoms with van der Waals surface area (Å²) in [5.74, 6) is -3.67. The van der Waals surface area contributed by atoms with Crippen molar-refractivity contribution in [1.82, 2.24) is 15.6 Å². The molecule has 0 saturated heterocycles. The molecule has 0 fully saturated rings. The molecular weight excluding hydrogens is 320 g/mol. The summed E-state index contributed by atoms with van der Waals surface area (Å²) in [7, 11) is 1.33. The molecule has 8 heteroatoms. The molecule has 0 bridgehead atoms. The SMILES string of the molecule is CNC(=O)[C@@H](NC(=O)c1ccc(C)[nH]c1=O)c1ccc(F)c(F)c1. The van der Waals surface area contributed by atoms with Crippen LogP contribution >= 0.6 is 0 Å². The molecule has 126 valence electrons. The molecule has 24 heavy (non-hydrogen) atoms. The number of hydrogen-bond donors (Lipinski definition) is 3. The van der Waals surface area contributed by atoms with Crippen LogP contribution in [0.1, 0.15) is 27.7 Å². The molecule has 1 aromatic carbocycles. The van der Waals surface area contributed by atoms with Gasteiger partial charge in [-0.1, -0.05) is 6.07 Å². The van der Waals surface area contributed by atoms with Crippen LogP contribution in [0.3, 0.4) is 0 Å². The Morgan fingerprint density at radius 3 is 2.42 bits per heavy atom. The molecule has 0 radical (unpaired) electrons. The lowest BCUT2D eigenvalue weighted by molar-refractivity contribution is -0.122. The highest BCUT2D eigenvalue weighted by atomic mass is 19.2. The Kier molecular flexibility index (Phi) is 5.08. The van der Waals surface area contributed by atoms with Crippen LogP contribution < -0.4 is 16.2 Å². The Morgan fingerprint density at radius 1 is 1.12 bits per heavy atom. The van der Waals surface area contributed by atoms with Gasteiger partial charge in [0.1, 0.15) is 11.6 Å². The number of likely N-dealkylation sites (N-methyl/N-ethyl adjacent to an activating group) is 1. The van der Waals surface area contributed by atoms with Gasteiger partial charge in [0.25, 0.3) is 11.5 Å². The van der Waals surface area contributed by atoms with Crippen molar-refractivity contribution < 1.29 is 18.4 Å². The molecule has 1 atom stereocenters. The van der Waals surface area contributed by atoms with E-state index in [-0.39, 0.29) is 11.1 Å². The molecular formula is C16H15F2N3O3. The molecule has 2 amide bonds. The van der Waals surface area contributed by atoms with Crippen molar-refractivity contribution in [2.24, 2.45) is 0 Å². The number of benzene rings is 1. The zero-order valence-corrected chi connectivity index (χ0v) is 12.9. The van der Waals surface area contributed by atoms with E-state index in [1.807, 2.05) is 0 Å².